The van der Waals surface area contributed by atoms with Gasteiger partial charge in [0, 0.05) is 18.7 Å². The van der Waals surface area contributed by atoms with Gasteiger partial charge in [-0.05, 0) is 44.0 Å². The smallest absolute Gasteiger partial charge is 0.254 e. The molecule has 3 heteroatoms. The Morgan fingerprint density at radius 2 is 2.00 bits per heavy atom. The number of rotatable bonds is 4. The summed E-state index contributed by atoms with van der Waals surface area (Å²) in [5, 5.41) is 0. The van der Waals surface area contributed by atoms with Crippen molar-refractivity contribution in [2.45, 2.75) is 20.8 Å². The minimum atomic E-state index is -0.355. The van der Waals surface area contributed by atoms with Crippen LogP contribution >= 0.6 is 0 Å². The van der Waals surface area contributed by atoms with Gasteiger partial charge in [-0.25, -0.2) is 4.39 Å². The van der Waals surface area contributed by atoms with Crippen molar-refractivity contribution < 1.29 is 9.18 Å². The van der Waals surface area contributed by atoms with E-state index in [1.165, 1.54) is 6.07 Å². The van der Waals surface area contributed by atoms with Gasteiger partial charge in [0.2, 0.25) is 0 Å². The first-order valence-corrected chi connectivity index (χ1v) is 5.77. The Kier molecular flexibility index (Phi) is 4.44. The van der Waals surface area contributed by atoms with Gasteiger partial charge in [-0.3, -0.25) is 4.79 Å². The van der Waals surface area contributed by atoms with Crippen molar-refractivity contribution in [2.24, 2.45) is 0 Å². The quantitative estimate of drug-likeness (QED) is 0.784. The van der Waals surface area contributed by atoms with Crippen molar-refractivity contribution in [3.8, 4) is 0 Å². The minimum absolute atomic E-state index is 0.149. The maximum atomic E-state index is 13.5. The molecule has 0 atom stereocenters. The Morgan fingerprint density at radius 3 is 2.47 bits per heavy atom. The average Bonchev–Trinajstić information content (AvgIpc) is 2.33. The number of hydrogen-bond donors (Lipinski definition) is 0. The summed E-state index contributed by atoms with van der Waals surface area (Å²) < 4.78 is 13.5. The van der Waals surface area contributed by atoms with E-state index < -0.39 is 0 Å². The summed E-state index contributed by atoms with van der Waals surface area (Å²) in [6.07, 6.45) is 1.59. The Labute approximate surface area is 102 Å². The topological polar surface area (TPSA) is 20.3 Å². The van der Waals surface area contributed by atoms with Crippen LogP contribution in [0.5, 0.6) is 0 Å². The second-order valence-electron chi connectivity index (χ2n) is 3.87. The number of carbonyl (C=O) groups excluding carboxylic acids is 1. The Hall–Kier alpha value is -1.64. The van der Waals surface area contributed by atoms with E-state index in [-0.39, 0.29) is 11.7 Å². The zero-order valence-corrected chi connectivity index (χ0v) is 10.6. The second kappa shape index (κ2) is 5.62. The molecule has 0 saturated heterocycles. The van der Waals surface area contributed by atoms with Crippen molar-refractivity contribution >= 4 is 12.0 Å². The molecule has 0 fully saturated rings. The third-order valence-electron chi connectivity index (χ3n) is 2.83. The monoisotopic (exact) mass is 235 g/mol. The number of benzene rings is 1. The van der Waals surface area contributed by atoms with Gasteiger partial charge >= 0.3 is 0 Å². The summed E-state index contributed by atoms with van der Waals surface area (Å²) in [4.78, 5) is 13.8. The van der Waals surface area contributed by atoms with E-state index in [1.54, 1.807) is 24.0 Å². The maximum absolute atomic E-state index is 13.5. The highest BCUT2D eigenvalue weighted by molar-refractivity contribution is 5.97. The number of hydrogen-bond acceptors (Lipinski definition) is 1. The van der Waals surface area contributed by atoms with Crippen molar-refractivity contribution in [3.05, 3.63) is 41.2 Å². The molecule has 0 aliphatic rings. The lowest BCUT2D eigenvalue weighted by Gasteiger charge is -2.20. The lowest BCUT2D eigenvalue weighted by atomic mass is 10.0. The van der Waals surface area contributed by atoms with Gasteiger partial charge in [-0.2, -0.15) is 0 Å². The molecule has 1 rings (SSSR count). The predicted octanol–water partition coefficient (Wildman–Crippen LogP) is 3.26. The zero-order valence-electron chi connectivity index (χ0n) is 10.6. The molecule has 17 heavy (non-hydrogen) atoms. The standard InChI is InChI=1S/C14H18FNO/c1-5-11-8-10(4)13(15)9-12(11)14(17)16(6-2)7-3/h5,8-9H,1,6-7H2,2-4H3. The third kappa shape index (κ3) is 2.73. The molecule has 0 aliphatic heterocycles. The van der Waals surface area contributed by atoms with E-state index in [0.717, 1.165) is 0 Å². The molecule has 0 aliphatic carbocycles. The van der Waals surface area contributed by atoms with Crippen LogP contribution < -0.4 is 0 Å². The van der Waals surface area contributed by atoms with E-state index in [1.807, 2.05) is 13.8 Å². The molecular weight excluding hydrogens is 217 g/mol. The lowest BCUT2D eigenvalue weighted by molar-refractivity contribution is 0.0772. The van der Waals surface area contributed by atoms with E-state index in [4.69, 9.17) is 0 Å². The van der Waals surface area contributed by atoms with Crippen LogP contribution in [0.4, 0.5) is 4.39 Å². The SMILES string of the molecule is C=Cc1cc(C)c(F)cc1C(=O)N(CC)CC. The molecular formula is C14H18FNO. The Balaban J connectivity index is 3.25. The summed E-state index contributed by atoms with van der Waals surface area (Å²) >= 11 is 0. The van der Waals surface area contributed by atoms with Crippen LogP contribution in [0, 0.1) is 12.7 Å². The molecule has 0 heterocycles. The fourth-order valence-electron chi connectivity index (χ4n) is 1.74. The maximum Gasteiger partial charge on any atom is 0.254 e. The summed E-state index contributed by atoms with van der Waals surface area (Å²) in [7, 11) is 0. The van der Waals surface area contributed by atoms with Crippen LogP contribution in [0.15, 0.2) is 18.7 Å². The van der Waals surface area contributed by atoms with Crippen LogP contribution in [-0.4, -0.2) is 23.9 Å². The predicted molar refractivity (Wildman–Crippen MR) is 68.5 cm³/mol. The van der Waals surface area contributed by atoms with E-state index in [9.17, 15) is 9.18 Å². The largest absolute Gasteiger partial charge is 0.339 e. The molecule has 0 saturated carbocycles. The van der Waals surface area contributed by atoms with Crippen molar-refractivity contribution in [3.63, 3.8) is 0 Å². The van der Waals surface area contributed by atoms with Gasteiger partial charge in [0.15, 0.2) is 0 Å². The summed E-state index contributed by atoms with van der Waals surface area (Å²) in [6.45, 7) is 10.4. The fourth-order valence-corrected chi connectivity index (χ4v) is 1.74. The molecule has 0 N–H and O–H groups in total. The number of halogens is 1. The van der Waals surface area contributed by atoms with Gasteiger partial charge in [0.1, 0.15) is 5.82 Å². The van der Waals surface area contributed by atoms with Gasteiger partial charge in [-0.15, -0.1) is 0 Å². The third-order valence-corrected chi connectivity index (χ3v) is 2.83. The van der Waals surface area contributed by atoms with Gasteiger partial charge in [-0.1, -0.05) is 12.7 Å². The van der Waals surface area contributed by atoms with Crippen LogP contribution in [0.1, 0.15) is 35.3 Å². The number of carbonyl (C=O) groups is 1. The first-order valence-electron chi connectivity index (χ1n) is 5.77. The Morgan fingerprint density at radius 1 is 1.41 bits per heavy atom. The Bertz CT molecular complexity index is 436. The van der Waals surface area contributed by atoms with E-state index >= 15 is 0 Å². The normalized spacial score (nSPS) is 10.1. The van der Waals surface area contributed by atoms with Gasteiger partial charge < -0.3 is 4.90 Å². The number of nitrogens with zero attached hydrogens (tertiary/aromatic N) is 1. The first-order chi connectivity index (χ1) is 8.04. The van der Waals surface area contributed by atoms with Gasteiger partial charge in [0.05, 0.1) is 0 Å². The van der Waals surface area contributed by atoms with Crippen molar-refractivity contribution in [2.75, 3.05) is 13.1 Å². The van der Waals surface area contributed by atoms with Gasteiger partial charge in [0.25, 0.3) is 5.91 Å². The lowest BCUT2D eigenvalue weighted by Crippen LogP contribution is -2.31. The molecule has 1 aromatic rings. The molecule has 0 bridgehead atoms. The average molecular weight is 235 g/mol. The summed E-state index contributed by atoms with van der Waals surface area (Å²) in [5.41, 5.74) is 1.59. The zero-order chi connectivity index (χ0) is 13.0. The minimum Gasteiger partial charge on any atom is -0.339 e. The molecule has 0 aromatic heterocycles. The van der Waals surface area contributed by atoms with E-state index in [0.29, 0.717) is 29.8 Å². The molecule has 92 valence electrons. The number of amides is 1. The second-order valence-corrected chi connectivity index (χ2v) is 3.87. The first kappa shape index (κ1) is 13.4. The molecule has 0 unspecified atom stereocenters. The summed E-state index contributed by atoms with van der Waals surface area (Å²) in [6, 6.07) is 2.95. The molecule has 2 nitrogen and oxygen atoms in total. The van der Waals surface area contributed by atoms with Crippen LogP contribution in [0.25, 0.3) is 6.08 Å². The summed E-state index contributed by atoms with van der Waals surface area (Å²) in [5.74, 6) is -0.505. The molecule has 1 amide bonds. The van der Waals surface area contributed by atoms with Crippen LogP contribution in [0.2, 0.25) is 0 Å². The van der Waals surface area contributed by atoms with E-state index in [2.05, 4.69) is 6.58 Å². The van der Waals surface area contributed by atoms with Crippen LogP contribution in [-0.2, 0) is 0 Å². The highest BCUT2D eigenvalue weighted by Crippen LogP contribution is 2.18. The molecule has 1 aromatic carbocycles. The number of aryl methyl sites for hydroxylation is 1. The highest BCUT2D eigenvalue weighted by atomic mass is 19.1. The highest BCUT2D eigenvalue weighted by Gasteiger charge is 2.17. The van der Waals surface area contributed by atoms with Crippen molar-refractivity contribution in [1.29, 1.82) is 0 Å². The molecule has 0 radical (unpaired) electrons. The van der Waals surface area contributed by atoms with Crippen molar-refractivity contribution in [1.82, 2.24) is 4.90 Å². The van der Waals surface area contributed by atoms with Crippen LogP contribution in [0.3, 0.4) is 0 Å². The molecule has 0 spiro atoms. The fraction of sp³-hybridized carbons (Fsp3) is 0.357.